The average molecular weight is 419 g/mol. The number of carboxylic acids is 1. The van der Waals surface area contributed by atoms with Crippen molar-refractivity contribution in [2.45, 2.75) is 0 Å². The van der Waals surface area contributed by atoms with Crippen molar-refractivity contribution < 1.29 is 19.4 Å². The first kappa shape index (κ1) is 19.3. The van der Waals surface area contributed by atoms with Crippen LogP contribution in [0.4, 0.5) is 0 Å². The Morgan fingerprint density at radius 1 is 0.846 bits per heavy atom. The first-order valence-electron chi connectivity index (χ1n) is 7.28. The number of rotatable bonds is 4. The average Bonchev–Trinajstić information content (AvgIpc) is 2.69. The van der Waals surface area contributed by atoms with E-state index in [0.29, 0.717) is 22.1 Å². The number of aromatic carboxylic acids is 1. The van der Waals surface area contributed by atoms with E-state index in [-0.39, 0.29) is 5.56 Å². The number of ether oxygens (including phenoxy) is 2. The lowest BCUT2D eigenvalue weighted by Gasteiger charge is -2.01. The van der Waals surface area contributed by atoms with E-state index in [4.69, 9.17) is 14.6 Å². The second-order valence-corrected chi connectivity index (χ2v) is 5.55. The molecule has 0 bridgehead atoms. The van der Waals surface area contributed by atoms with Crippen LogP contribution in [0.15, 0.2) is 53.1 Å². The summed E-state index contributed by atoms with van der Waals surface area (Å²) in [7, 11) is 3.07. The van der Waals surface area contributed by atoms with Crippen LogP contribution in [0.2, 0.25) is 0 Å². The Kier molecular flexibility index (Phi) is 6.98. The number of benzene rings is 1. The van der Waals surface area contributed by atoms with Crippen molar-refractivity contribution in [3.8, 4) is 23.0 Å². The highest BCUT2D eigenvalue weighted by Crippen LogP contribution is 2.18. The summed E-state index contributed by atoms with van der Waals surface area (Å²) >= 11 is 3.15. The quantitative estimate of drug-likeness (QED) is 0.688. The van der Waals surface area contributed by atoms with Gasteiger partial charge in [-0.1, -0.05) is 12.1 Å². The van der Waals surface area contributed by atoms with Gasteiger partial charge in [-0.15, -0.1) is 20.4 Å². The first-order chi connectivity index (χ1) is 12.5. The number of nitrogens with zero attached hydrogens (tertiary/aromatic N) is 4. The topological polar surface area (TPSA) is 107 Å². The van der Waals surface area contributed by atoms with Gasteiger partial charge in [0, 0.05) is 17.7 Å². The summed E-state index contributed by atoms with van der Waals surface area (Å²) in [6.45, 7) is 0. The van der Waals surface area contributed by atoms with Crippen LogP contribution in [0.5, 0.6) is 11.8 Å². The van der Waals surface area contributed by atoms with Crippen molar-refractivity contribution in [2.24, 2.45) is 0 Å². The predicted molar refractivity (Wildman–Crippen MR) is 97.3 cm³/mol. The molecule has 0 saturated carbocycles. The molecule has 3 rings (SSSR count). The van der Waals surface area contributed by atoms with Gasteiger partial charge in [0.05, 0.1) is 25.5 Å². The highest BCUT2D eigenvalue weighted by Gasteiger charge is 2.04. The minimum Gasteiger partial charge on any atom is -0.480 e. The number of halogens is 1. The van der Waals surface area contributed by atoms with Gasteiger partial charge in [0.2, 0.25) is 11.8 Å². The van der Waals surface area contributed by atoms with E-state index in [0.717, 1.165) is 5.56 Å². The Morgan fingerprint density at radius 3 is 1.85 bits per heavy atom. The van der Waals surface area contributed by atoms with Crippen LogP contribution in [0.3, 0.4) is 0 Å². The zero-order chi connectivity index (χ0) is 18.9. The van der Waals surface area contributed by atoms with Gasteiger partial charge in [-0.05, 0) is 40.2 Å². The maximum Gasteiger partial charge on any atom is 0.335 e. The summed E-state index contributed by atoms with van der Waals surface area (Å²) in [5, 5.41) is 24.0. The van der Waals surface area contributed by atoms with E-state index < -0.39 is 5.97 Å². The normalized spacial score (nSPS) is 9.65. The monoisotopic (exact) mass is 418 g/mol. The summed E-state index contributed by atoms with van der Waals surface area (Å²) in [5.41, 5.74) is 1.73. The van der Waals surface area contributed by atoms with E-state index in [1.807, 2.05) is 0 Å². The standard InChI is InChI=1S/C12H10N2O3.C5H5BrN2O/c1-17-11-7-6-10(13-14-11)8-2-4-9(5-3-8)12(15)16;1-9-5-3-2-4(6)7-8-5/h2-7H,1H3,(H,15,16);2-3H,1H3. The Balaban J connectivity index is 0.000000228. The van der Waals surface area contributed by atoms with Crippen molar-refractivity contribution in [2.75, 3.05) is 14.2 Å². The minimum atomic E-state index is -0.947. The number of carbonyl (C=O) groups is 1. The highest BCUT2D eigenvalue weighted by molar-refractivity contribution is 9.10. The van der Waals surface area contributed by atoms with E-state index in [2.05, 4.69) is 36.3 Å². The lowest BCUT2D eigenvalue weighted by atomic mass is 10.1. The van der Waals surface area contributed by atoms with Crippen LogP contribution in [0.1, 0.15) is 10.4 Å². The molecule has 0 aliphatic rings. The number of carboxylic acid groups (broad SMARTS) is 1. The second-order valence-electron chi connectivity index (χ2n) is 4.74. The molecule has 3 aromatic rings. The molecule has 1 aromatic carbocycles. The minimum absolute atomic E-state index is 0.246. The third-order valence-corrected chi connectivity index (χ3v) is 3.52. The molecule has 134 valence electrons. The van der Waals surface area contributed by atoms with E-state index in [9.17, 15) is 4.79 Å². The molecule has 0 radical (unpaired) electrons. The van der Waals surface area contributed by atoms with Gasteiger partial charge in [0.25, 0.3) is 0 Å². The summed E-state index contributed by atoms with van der Waals surface area (Å²) in [6, 6.07) is 13.4. The molecule has 0 atom stereocenters. The number of hydrogen-bond donors (Lipinski definition) is 1. The summed E-state index contributed by atoms with van der Waals surface area (Å²) in [6.07, 6.45) is 0. The molecule has 9 heteroatoms. The van der Waals surface area contributed by atoms with Crippen molar-refractivity contribution in [1.29, 1.82) is 0 Å². The Labute approximate surface area is 158 Å². The number of methoxy groups -OCH3 is 2. The molecule has 2 heterocycles. The van der Waals surface area contributed by atoms with Crippen molar-refractivity contribution >= 4 is 21.9 Å². The molecule has 0 aliphatic carbocycles. The van der Waals surface area contributed by atoms with Gasteiger partial charge < -0.3 is 14.6 Å². The lowest BCUT2D eigenvalue weighted by Crippen LogP contribution is -1.96. The Morgan fingerprint density at radius 2 is 1.42 bits per heavy atom. The largest absolute Gasteiger partial charge is 0.480 e. The third-order valence-electron chi connectivity index (χ3n) is 3.09. The molecule has 8 nitrogen and oxygen atoms in total. The Hall–Kier alpha value is -3.07. The second kappa shape index (κ2) is 9.42. The molecule has 0 fully saturated rings. The van der Waals surface area contributed by atoms with E-state index in [1.165, 1.54) is 19.2 Å². The van der Waals surface area contributed by atoms with E-state index in [1.54, 1.807) is 43.5 Å². The third kappa shape index (κ3) is 5.49. The number of hydrogen-bond acceptors (Lipinski definition) is 7. The van der Waals surface area contributed by atoms with Gasteiger partial charge in [0.1, 0.15) is 4.60 Å². The molecular formula is C17H15BrN4O4. The van der Waals surface area contributed by atoms with Crippen LogP contribution >= 0.6 is 15.9 Å². The Bertz CT molecular complexity index is 840. The van der Waals surface area contributed by atoms with Gasteiger partial charge in [-0.2, -0.15) is 0 Å². The molecule has 0 spiro atoms. The molecule has 26 heavy (non-hydrogen) atoms. The van der Waals surface area contributed by atoms with Crippen molar-refractivity contribution in [1.82, 2.24) is 20.4 Å². The highest BCUT2D eigenvalue weighted by atomic mass is 79.9. The summed E-state index contributed by atoms with van der Waals surface area (Å²) < 4.78 is 10.4. The van der Waals surface area contributed by atoms with Crippen LogP contribution in [0.25, 0.3) is 11.3 Å². The van der Waals surface area contributed by atoms with Gasteiger partial charge in [-0.3, -0.25) is 0 Å². The van der Waals surface area contributed by atoms with Crippen LogP contribution in [0, 0.1) is 0 Å². The van der Waals surface area contributed by atoms with Crippen molar-refractivity contribution in [3.05, 3.63) is 58.7 Å². The molecule has 0 saturated heterocycles. The van der Waals surface area contributed by atoms with Gasteiger partial charge >= 0.3 is 5.97 Å². The zero-order valence-corrected chi connectivity index (χ0v) is 15.5. The van der Waals surface area contributed by atoms with Crippen molar-refractivity contribution in [3.63, 3.8) is 0 Å². The molecule has 2 aromatic heterocycles. The zero-order valence-electron chi connectivity index (χ0n) is 14.0. The molecule has 0 amide bonds. The fourth-order valence-electron chi connectivity index (χ4n) is 1.78. The van der Waals surface area contributed by atoms with Crippen LogP contribution in [-0.4, -0.2) is 45.7 Å². The smallest absolute Gasteiger partial charge is 0.335 e. The lowest BCUT2D eigenvalue weighted by molar-refractivity contribution is 0.0697. The predicted octanol–water partition coefficient (Wildman–Crippen LogP) is 3.10. The van der Waals surface area contributed by atoms with Gasteiger partial charge in [0.15, 0.2) is 0 Å². The fraction of sp³-hybridized carbons (Fsp3) is 0.118. The van der Waals surface area contributed by atoms with Gasteiger partial charge in [-0.25, -0.2) is 4.79 Å². The maximum absolute atomic E-state index is 10.7. The molecule has 0 unspecified atom stereocenters. The molecule has 0 aliphatic heterocycles. The SMILES string of the molecule is COc1ccc(-c2ccc(C(=O)O)cc2)nn1.COc1ccc(Br)nn1. The molecular weight excluding hydrogens is 404 g/mol. The van der Waals surface area contributed by atoms with E-state index >= 15 is 0 Å². The molecule has 1 N–H and O–H groups in total. The summed E-state index contributed by atoms with van der Waals surface area (Å²) in [4.78, 5) is 10.7. The fourth-order valence-corrected chi connectivity index (χ4v) is 1.99. The van der Waals surface area contributed by atoms with Crippen LogP contribution in [-0.2, 0) is 0 Å². The maximum atomic E-state index is 10.7. The summed E-state index contributed by atoms with van der Waals surface area (Å²) in [5.74, 6) is 0.0199. The first-order valence-corrected chi connectivity index (χ1v) is 8.07. The van der Waals surface area contributed by atoms with Crippen LogP contribution < -0.4 is 9.47 Å². The number of aromatic nitrogens is 4.